The maximum absolute atomic E-state index is 3.73. The minimum absolute atomic E-state index is 0.753. The summed E-state index contributed by atoms with van der Waals surface area (Å²) in [4.78, 5) is 2.80. The van der Waals surface area contributed by atoms with E-state index in [1.54, 1.807) is 0 Å². The van der Waals surface area contributed by atoms with Gasteiger partial charge in [0.15, 0.2) is 0 Å². The third kappa shape index (κ3) is 4.19. The van der Waals surface area contributed by atoms with Gasteiger partial charge < -0.3 is 5.32 Å². The van der Waals surface area contributed by atoms with Gasteiger partial charge in [-0.2, -0.15) is 0 Å². The van der Waals surface area contributed by atoms with Crippen molar-refractivity contribution in [3.63, 3.8) is 0 Å². The molecule has 2 aliphatic rings. The van der Waals surface area contributed by atoms with Crippen LogP contribution in [0.3, 0.4) is 0 Å². The number of hydrogen-bond donors (Lipinski definition) is 1. The van der Waals surface area contributed by atoms with E-state index in [9.17, 15) is 0 Å². The molecule has 2 heteroatoms. The quantitative estimate of drug-likeness (QED) is 0.817. The van der Waals surface area contributed by atoms with Crippen LogP contribution in [0.1, 0.15) is 65.7 Å². The second-order valence-electron chi connectivity index (χ2n) is 6.99. The number of nitrogens with zero attached hydrogens (tertiary/aromatic N) is 1. The Hall–Kier alpha value is -0.0800. The van der Waals surface area contributed by atoms with Gasteiger partial charge >= 0.3 is 0 Å². The van der Waals surface area contributed by atoms with Gasteiger partial charge in [0.25, 0.3) is 0 Å². The largest absolute Gasteiger partial charge is 0.313 e. The van der Waals surface area contributed by atoms with Gasteiger partial charge in [-0.1, -0.05) is 40.0 Å². The summed E-state index contributed by atoms with van der Waals surface area (Å²) in [6, 6.07) is 1.60. The molecule has 0 bridgehead atoms. The molecule has 1 saturated carbocycles. The molecular weight excluding hydrogens is 232 g/mol. The molecule has 112 valence electrons. The van der Waals surface area contributed by atoms with E-state index in [4.69, 9.17) is 0 Å². The van der Waals surface area contributed by atoms with Gasteiger partial charge in [0.1, 0.15) is 0 Å². The lowest BCUT2D eigenvalue weighted by molar-refractivity contribution is 0.0715. The summed E-state index contributed by atoms with van der Waals surface area (Å²) < 4.78 is 0. The molecule has 0 spiro atoms. The lowest BCUT2D eigenvalue weighted by atomic mass is 9.77. The maximum atomic E-state index is 3.73. The van der Waals surface area contributed by atoms with Crippen LogP contribution in [-0.4, -0.2) is 36.6 Å². The van der Waals surface area contributed by atoms with Gasteiger partial charge in [0, 0.05) is 18.6 Å². The van der Waals surface area contributed by atoms with Crippen LogP contribution in [0.15, 0.2) is 0 Å². The predicted molar refractivity (Wildman–Crippen MR) is 83.5 cm³/mol. The average Bonchev–Trinajstić information content (AvgIpc) is 2.46. The molecule has 1 aliphatic heterocycles. The number of hydrogen-bond acceptors (Lipinski definition) is 2. The van der Waals surface area contributed by atoms with E-state index < -0.39 is 0 Å². The maximum Gasteiger partial charge on any atom is 0.0195 e. The number of piperidine rings is 1. The molecule has 1 saturated heterocycles. The van der Waals surface area contributed by atoms with E-state index in [0.717, 1.165) is 23.9 Å². The second kappa shape index (κ2) is 7.64. The van der Waals surface area contributed by atoms with E-state index in [0.29, 0.717) is 0 Å². The molecule has 1 N–H and O–H groups in total. The molecule has 2 nitrogen and oxygen atoms in total. The summed E-state index contributed by atoms with van der Waals surface area (Å²) in [5, 5.41) is 3.73. The van der Waals surface area contributed by atoms with Crippen molar-refractivity contribution in [2.24, 2.45) is 11.8 Å². The first-order valence-corrected chi connectivity index (χ1v) is 8.69. The zero-order valence-corrected chi connectivity index (χ0v) is 13.3. The van der Waals surface area contributed by atoms with E-state index in [2.05, 4.69) is 31.0 Å². The standard InChI is InChI=1S/C17H34N2/c1-4-19(13-15-9-7-8-12-18-15)17-11-6-5-10-16(17)14(2)3/h14-18H,4-13H2,1-3H3. The summed E-state index contributed by atoms with van der Waals surface area (Å²) in [6.45, 7) is 11.0. The van der Waals surface area contributed by atoms with E-state index in [1.807, 2.05) is 0 Å². The van der Waals surface area contributed by atoms with Crippen LogP contribution in [0.4, 0.5) is 0 Å². The van der Waals surface area contributed by atoms with Crippen LogP contribution in [0.2, 0.25) is 0 Å². The van der Waals surface area contributed by atoms with Gasteiger partial charge in [0.2, 0.25) is 0 Å². The smallest absolute Gasteiger partial charge is 0.0195 e. The van der Waals surface area contributed by atoms with Crippen LogP contribution in [0, 0.1) is 11.8 Å². The Morgan fingerprint density at radius 2 is 1.79 bits per heavy atom. The van der Waals surface area contributed by atoms with Crippen molar-refractivity contribution in [3.8, 4) is 0 Å². The Bertz CT molecular complexity index is 246. The van der Waals surface area contributed by atoms with Gasteiger partial charge in [0.05, 0.1) is 0 Å². The Kier molecular flexibility index (Phi) is 6.15. The Morgan fingerprint density at radius 1 is 1.05 bits per heavy atom. The summed E-state index contributed by atoms with van der Waals surface area (Å²) in [7, 11) is 0. The molecule has 0 radical (unpaired) electrons. The lowest BCUT2D eigenvalue weighted by Gasteiger charge is -2.43. The molecule has 3 unspecified atom stereocenters. The monoisotopic (exact) mass is 266 g/mol. The van der Waals surface area contributed by atoms with E-state index >= 15 is 0 Å². The molecule has 2 rings (SSSR count). The third-order valence-corrected chi connectivity index (χ3v) is 5.38. The Labute approximate surface area is 120 Å². The predicted octanol–water partition coefficient (Wildman–Crippen LogP) is 3.67. The highest BCUT2D eigenvalue weighted by Gasteiger charge is 2.32. The summed E-state index contributed by atoms with van der Waals surface area (Å²) in [5.41, 5.74) is 0. The molecule has 3 atom stereocenters. The third-order valence-electron chi connectivity index (χ3n) is 5.38. The van der Waals surface area contributed by atoms with Crippen LogP contribution >= 0.6 is 0 Å². The zero-order chi connectivity index (χ0) is 13.7. The van der Waals surface area contributed by atoms with Crippen molar-refractivity contribution in [2.75, 3.05) is 19.6 Å². The van der Waals surface area contributed by atoms with Gasteiger partial charge in [-0.05, 0) is 50.6 Å². The summed E-state index contributed by atoms with van der Waals surface area (Å²) in [6.07, 6.45) is 9.98. The highest BCUT2D eigenvalue weighted by Crippen LogP contribution is 2.33. The normalized spacial score (nSPS) is 33.0. The number of rotatable bonds is 5. The fourth-order valence-corrected chi connectivity index (χ4v) is 4.23. The van der Waals surface area contributed by atoms with Crippen molar-refractivity contribution in [1.82, 2.24) is 10.2 Å². The first kappa shape index (κ1) is 15.3. The van der Waals surface area contributed by atoms with Crippen LogP contribution in [-0.2, 0) is 0 Å². The van der Waals surface area contributed by atoms with Gasteiger partial charge in [-0.3, -0.25) is 4.90 Å². The Balaban J connectivity index is 1.93. The lowest BCUT2D eigenvalue weighted by Crippen LogP contribution is -2.50. The minimum Gasteiger partial charge on any atom is -0.313 e. The van der Waals surface area contributed by atoms with Crippen molar-refractivity contribution in [1.29, 1.82) is 0 Å². The molecule has 2 fully saturated rings. The molecule has 0 amide bonds. The summed E-state index contributed by atoms with van der Waals surface area (Å²) in [5.74, 6) is 1.77. The van der Waals surface area contributed by atoms with E-state index in [1.165, 1.54) is 64.6 Å². The molecule has 1 heterocycles. The van der Waals surface area contributed by atoms with Crippen molar-refractivity contribution in [3.05, 3.63) is 0 Å². The van der Waals surface area contributed by atoms with Crippen LogP contribution in [0.25, 0.3) is 0 Å². The fourth-order valence-electron chi connectivity index (χ4n) is 4.23. The first-order valence-electron chi connectivity index (χ1n) is 8.69. The van der Waals surface area contributed by atoms with Crippen molar-refractivity contribution in [2.45, 2.75) is 77.8 Å². The highest BCUT2D eigenvalue weighted by molar-refractivity contribution is 4.87. The molecule has 0 aromatic carbocycles. The van der Waals surface area contributed by atoms with Crippen molar-refractivity contribution < 1.29 is 0 Å². The van der Waals surface area contributed by atoms with Gasteiger partial charge in [-0.25, -0.2) is 0 Å². The van der Waals surface area contributed by atoms with Crippen LogP contribution < -0.4 is 5.32 Å². The highest BCUT2D eigenvalue weighted by atomic mass is 15.2. The molecular formula is C17H34N2. The summed E-state index contributed by atoms with van der Waals surface area (Å²) >= 11 is 0. The Morgan fingerprint density at radius 3 is 2.42 bits per heavy atom. The van der Waals surface area contributed by atoms with Crippen LogP contribution in [0.5, 0.6) is 0 Å². The van der Waals surface area contributed by atoms with Gasteiger partial charge in [-0.15, -0.1) is 0 Å². The average molecular weight is 266 g/mol. The molecule has 0 aromatic rings. The molecule has 1 aliphatic carbocycles. The minimum atomic E-state index is 0.753. The SMILES string of the molecule is CCN(CC1CCCCN1)C1CCCCC1C(C)C. The van der Waals surface area contributed by atoms with Crippen molar-refractivity contribution >= 4 is 0 Å². The number of nitrogens with one attached hydrogen (secondary N) is 1. The fraction of sp³-hybridized carbons (Fsp3) is 1.00. The molecule has 19 heavy (non-hydrogen) atoms. The molecule has 0 aromatic heterocycles. The zero-order valence-electron chi connectivity index (χ0n) is 13.3. The topological polar surface area (TPSA) is 15.3 Å². The first-order chi connectivity index (χ1) is 9.22. The number of likely N-dealkylation sites (N-methyl/N-ethyl adjacent to an activating group) is 1. The van der Waals surface area contributed by atoms with E-state index in [-0.39, 0.29) is 0 Å². The second-order valence-corrected chi connectivity index (χ2v) is 6.99.